The van der Waals surface area contributed by atoms with E-state index in [0.717, 1.165) is 79.0 Å². The molecule has 0 amide bonds. The Morgan fingerprint density at radius 2 is 0.881 bits per heavy atom. The number of hydrogen-bond donors (Lipinski definition) is 0. The molecule has 336 valence electrons. The molecule has 0 aliphatic carbocycles. The molecule has 1 heterocycles. The Hall–Kier alpha value is -2.08. The predicted octanol–water partition coefficient (Wildman–Crippen LogP) is 19.4. The van der Waals surface area contributed by atoms with Gasteiger partial charge in [-0.25, -0.2) is 4.70 Å². The quantitative estimate of drug-likeness (QED) is 0.0374. The van der Waals surface area contributed by atoms with E-state index in [2.05, 4.69) is 102 Å². The molecule has 59 heavy (non-hydrogen) atoms. The molecule has 0 bridgehead atoms. The molecule has 1 aliphatic rings. The van der Waals surface area contributed by atoms with Gasteiger partial charge in [0, 0.05) is 16.7 Å². The SMILES string of the molecule is CCCCCCCCCCCCCCCCCCCCCCC=CC1=C(c2cccc(CC)c2)[N+](=[N-])C(c2cccc(CC)c2)=C1CCCC.CCC[CH2][Pd][CH2]CCC. The van der Waals surface area contributed by atoms with Crippen molar-refractivity contribution < 1.29 is 22.7 Å². The number of benzene rings is 2. The van der Waals surface area contributed by atoms with Crippen molar-refractivity contribution in [1.82, 2.24) is 0 Å². The van der Waals surface area contributed by atoms with Gasteiger partial charge in [-0.15, -0.1) is 0 Å². The second-order valence-corrected chi connectivity index (χ2v) is 19.5. The molecule has 0 saturated carbocycles. The second kappa shape index (κ2) is 36.6. The fourth-order valence-electron chi connectivity index (χ4n) is 8.04. The Balaban J connectivity index is 0.00000119. The van der Waals surface area contributed by atoms with Crippen molar-refractivity contribution >= 4 is 11.4 Å². The predicted molar refractivity (Wildman–Crippen MR) is 260 cm³/mol. The molecule has 0 N–H and O–H groups in total. The van der Waals surface area contributed by atoms with Crippen molar-refractivity contribution in [3.8, 4) is 0 Å². The third-order valence-electron chi connectivity index (χ3n) is 12.0. The molecule has 0 spiro atoms. The molecule has 2 nitrogen and oxygen atoms in total. The van der Waals surface area contributed by atoms with Gasteiger partial charge in [-0.2, -0.15) is 0 Å². The summed E-state index contributed by atoms with van der Waals surface area (Å²) in [6.07, 6.45) is 45.0. The monoisotopic (exact) mass is 899 g/mol. The topological polar surface area (TPSA) is 25.3 Å². The van der Waals surface area contributed by atoms with Gasteiger partial charge in [-0.1, -0.05) is 193 Å². The van der Waals surface area contributed by atoms with E-state index in [1.165, 1.54) is 191 Å². The van der Waals surface area contributed by atoms with Gasteiger partial charge in [0.15, 0.2) is 0 Å². The van der Waals surface area contributed by atoms with Crippen LogP contribution >= 0.6 is 0 Å². The maximum absolute atomic E-state index is 11.9. The first kappa shape index (κ1) is 53.1. The van der Waals surface area contributed by atoms with Crippen molar-refractivity contribution in [2.45, 2.75) is 244 Å². The summed E-state index contributed by atoms with van der Waals surface area (Å²) in [5.41, 5.74) is 21.1. The van der Waals surface area contributed by atoms with Crippen LogP contribution in [0.2, 0.25) is 9.79 Å². The molecule has 0 saturated heterocycles. The van der Waals surface area contributed by atoms with Crippen LogP contribution in [0, 0.1) is 0 Å². The Bertz CT molecular complexity index is 1440. The molecule has 0 radical (unpaired) electrons. The van der Waals surface area contributed by atoms with Crippen molar-refractivity contribution in [2.75, 3.05) is 0 Å². The average molecular weight is 900 g/mol. The van der Waals surface area contributed by atoms with Gasteiger partial charge < -0.3 is 5.53 Å². The van der Waals surface area contributed by atoms with Crippen LogP contribution in [-0.4, -0.2) is 4.70 Å². The van der Waals surface area contributed by atoms with E-state index in [-0.39, 0.29) is 0 Å². The van der Waals surface area contributed by atoms with Crippen LogP contribution in [0.1, 0.15) is 244 Å². The van der Waals surface area contributed by atoms with Crippen LogP contribution in [-0.2, 0) is 30.8 Å². The molecular formula is C56H92N2Pd. The summed E-state index contributed by atoms with van der Waals surface area (Å²) in [5.74, 6) is 0. The third kappa shape index (κ3) is 23.1. The molecule has 2 aromatic rings. The Morgan fingerprint density at radius 3 is 1.31 bits per heavy atom. The van der Waals surface area contributed by atoms with Crippen LogP contribution < -0.4 is 0 Å². The van der Waals surface area contributed by atoms with Crippen molar-refractivity contribution in [1.29, 1.82) is 0 Å². The zero-order chi connectivity index (χ0) is 42.6. The second-order valence-electron chi connectivity index (χ2n) is 17.2. The van der Waals surface area contributed by atoms with Gasteiger partial charge in [-0.05, 0) is 73.9 Å². The first-order valence-corrected chi connectivity index (χ1v) is 27.5. The van der Waals surface area contributed by atoms with Crippen LogP contribution in [0.3, 0.4) is 0 Å². The molecule has 3 heteroatoms. The van der Waals surface area contributed by atoms with Crippen molar-refractivity contribution in [3.63, 3.8) is 0 Å². The van der Waals surface area contributed by atoms with Crippen molar-refractivity contribution in [2.24, 2.45) is 0 Å². The summed E-state index contributed by atoms with van der Waals surface area (Å²) in [5, 5.41) is 0. The van der Waals surface area contributed by atoms with Gasteiger partial charge in [0.05, 0.1) is 5.57 Å². The summed E-state index contributed by atoms with van der Waals surface area (Å²) < 4.78 is 1.51. The number of hydrogen-bond acceptors (Lipinski definition) is 0. The Kier molecular flexibility index (Phi) is 32.9. The molecular weight excluding hydrogens is 807 g/mol. The number of unbranched alkanes of at least 4 members (excludes halogenated alkanes) is 23. The molecule has 3 rings (SSSR count). The van der Waals surface area contributed by atoms with E-state index in [9.17, 15) is 5.53 Å². The summed E-state index contributed by atoms with van der Waals surface area (Å²) >= 11 is 1.07. The van der Waals surface area contributed by atoms with E-state index < -0.39 is 0 Å². The fourth-order valence-corrected chi connectivity index (χ4v) is 10.3. The van der Waals surface area contributed by atoms with Gasteiger partial charge in [-0.3, -0.25) is 0 Å². The van der Waals surface area contributed by atoms with Crippen LogP contribution in [0.4, 0.5) is 0 Å². The molecule has 2 aromatic carbocycles. The molecule has 1 aliphatic heterocycles. The number of allylic oxidation sites excluding steroid dienone is 4. The molecule has 0 atom stereocenters. The van der Waals surface area contributed by atoms with E-state index in [4.69, 9.17) is 0 Å². The van der Waals surface area contributed by atoms with Gasteiger partial charge >= 0.3 is 67.3 Å². The van der Waals surface area contributed by atoms with Crippen LogP contribution in [0.5, 0.6) is 0 Å². The molecule has 0 unspecified atom stereocenters. The zero-order valence-corrected chi connectivity index (χ0v) is 41.2. The fraction of sp³-hybridized carbons (Fsp3) is 0.679. The minimum atomic E-state index is 0.933. The Morgan fingerprint density at radius 1 is 0.475 bits per heavy atom. The standard InChI is InChI=1S/C48H74N2.2C4H9.Pd/c1-5-9-11-12-13-14-15-16-17-18-19-20-21-22-23-24-25-26-27-28-29-30-38-46-45(37-10-6-2)47(43-35-31-33-41(7-3)39-43)50(49)48(46)44-36-32-34-42(8-4)40-44;2*1-3-4-2;/h30-36,38-40H,5-29,37H2,1-4H3;2*1,3-4H2,2H3;. The van der Waals surface area contributed by atoms with E-state index in [1.807, 2.05) is 0 Å². The normalized spacial score (nSPS) is 13.0. The number of aryl methyl sites for hydroxylation is 2. The number of nitrogens with zero attached hydrogens (tertiary/aromatic N) is 2. The summed E-state index contributed by atoms with van der Waals surface area (Å²) in [6, 6.07) is 17.5. The Labute approximate surface area is 375 Å². The first-order valence-electron chi connectivity index (χ1n) is 25.3. The average Bonchev–Trinajstić information content (AvgIpc) is 3.54. The van der Waals surface area contributed by atoms with Crippen LogP contribution in [0.15, 0.2) is 71.8 Å². The first-order chi connectivity index (χ1) is 29.1. The molecule has 0 fully saturated rings. The van der Waals surface area contributed by atoms with Gasteiger partial charge in [0.2, 0.25) is 11.4 Å². The number of rotatable bonds is 35. The van der Waals surface area contributed by atoms with Crippen molar-refractivity contribution in [3.05, 3.63) is 99.6 Å². The van der Waals surface area contributed by atoms with Gasteiger partial charge in [0.1, 0.15) is 0 Å². The van der Waals surface area contributed by atoms with Gasteiger partial charge in [0.25, 0.3) is 0 Å². The van der Waals surface area contributed by atoms with Crippen LogP contribution in [0.25, 0.3) is 16.9 Å². The maximum atomic E-state index is 11.9. The zero-order valence-electron chi connectivity index (χ0n) is 39.6. The third-order valence-corrected chi connectivity index (χ3v) is 14.1. The summed E-state index contributed by atoms with van der Waals surface area (Å²) in [6.45, 7) is 13.5. The van der Waals surface area contributed by atoms with E-state index in [1.54, 1.807) is 0 Å². The molecule has 0 aromatic heterocycles. The minimum absolute atomic E-state index is 0.933. The summed E-state index contributed by atoms with van der Waals surface area (Å²) in [7, 11) is 0. The van der Waals surface area contributed by atoms with E-state index in [0.29, 0.717) is 0 Å². The summed E-state index contributed by atoms with van der Waals surface area (Å²) in [4.78, 5) is 3.01. The van der Waals surface area contributed by atoms with E-state index >= 15 is 0 Å².